The van der Waals surface area contributed by atoms with Gasteiger partial charge in [0.1, 0.15) is 0 Å². The second-order valence-electron chi connectivity index (χ2n) is 4.86. The van der Waals surface area contributed by atoms with Gasteiger partial charge in [0.05, 0.1) is 23.1 Å². The van der Waals surface area contributed by atoms with Crippen molar-refractivity contribution in [3.05, 3.63) is 34.9 Å². The summed E-state index contributed by atoms with van der Waals surface area (Å²) in [7, 11) is 3.91. The molecule has 0 spiro atoms. The summed E-state index contributed by atoms with van der Waals surface area (Å²) in [6.07, 6.45) is 1.71. The van der Waals surface area contributed by atoms with E-state index in [0.717, 1.165) is 35.6 Å². The van der Waals surface area contributed by atoms with Crippen LogP contribution in [0.25, 0.3) is 0 Å². The fourth-order valence-electron chi connectivity index (χ4n) is 2.36. The fraction of sp³-hybridized carbons (Fsp3) is 0.538. The van der Waals surface area contributed by atoms with Gasteiger partial charge in [-0.3, -0.25) is 20.6 Å². The molecule has 0 fully saturated rings. The average Bonchev–Trinajstić information content (AvgIpc) is 2.89. The fourth-order valence-corrected chi connectivity index (χ4v) is 2.36. The van der Waals surface area contributed by atoms with Crippen LogP contribution in [-0.4, -0.2) is 19.6 Å². The van der Waals surface area contributed by atoms with E-state index in [4.69, 9.17) is 5.84 Å². The molecule has 3 N–H and O–H groups in total. The van der Waals surface area contributed by atoms with E-state index in [1.807, 2.05) is 30.4 Å². The third kappa shape index (κ3) is 2.85. The highest BCUT2D eigenvalue weighted by molar-refractivity contribution is 5.18. The van der Waals surface area contributed by atoms with Crippen LogP contribution in [0, 0.1) is 6.92 Å². The van der Waals surface area contributed by atoms with Crippen molar-refractivity contribution in [3.63, 3.8) is 0 Å². The zero-order chi connectivity index (χ0) is 14.0. The van der Waals surface area contributed by atoms with E-state index in [1.54, 1.807) is 0 Å². The molecule has 2 rings (SSSR count). The van der Waals surface area contributed by atoms with Crippen molar-refractivity contribution in [2.75, 3.05) is 0 Å². The number of aromatic nitrogens is 4. The Morgan fingerprint density at radius 3 is 2.47 bits per heavy atom. The number of hydrogen-bond acceptors (Lipinski definition) is 4. The topological polar surface area (TPSA) is 73.7 Å². The molecule has 0 radical (unpaired) electrons. The maximum atomic E-state index is 5.71. The van der Waals surface area contributed by atoms with Gasteiger partial charge in [0.2, 0.25) is 0 Å². The molecule has 0 aliphatic rings. The molecule has 2 heterocycles. The van der Waals surface area contributed by atoms with Crippen molar-refractivity contribution >= 4 is 0 Å². The lowest BCUT2D eigenvalue weighted by Crippen LogP contribution is -2.31. The summed E-state index contributed by atoms with van der Waals surface area (Å²) in [6.45, 7) is 4.09. The third-order valence-corrected chi connectivity index (χ3v) is 3.40. The van der Waals surface area contributed by atoms with Gasteiger partial charge >= 0.3 is 0 Å². The first-order valence-corrected chi connectivity index (χ1v) is 6.53. The van der Waals surface area contributed by atoms with Crippen LogP contribution >= 0.6 is 0 Å². The van der Waals surface area contributed by atoms with E-state index in [9.17, 15) is 0 Å². The number of hydrogen-bond donors (Lipinski definition) is 2. The Balaban J connectivity index is 2.24. The largest absolute Gasteiger partial charge is 0.272 e. The maximum absolute atomic E-state index is 5.71. The Hall–Kier alpha value is -1.66. The van der Waals surface area contributed by atoms with Gasteiger partial charge in [-0.05, 0) is 25.5 Å². The van der Waals surface area contributed by atoms with Crippen LogP contribution in [0.1, 0.15) is 35.7 Å². The lowest BCUT2D eigenvalue weighted by molar-refractivity contribution is 0.493. The minimum Gasteiger partial charge on any atom is -0.272 e. The van der Waals surface area contributed by atoms with E-state index < -0.39 is 0 Å². The Morgan fingerprint density at radius 1 is 1.26 bits per heavy atom. The van der Waals surface area contributed by atoms with Crippen LogP contribution in [0.15, 0.2) is 12.1 Å². The monoisotopic (exact) mass is 262 g/mol. The van der Waals surface area contributed by atoms with Gasteiger partial charge in [0.25, 0.3) is 0 Å². The van der Waals surface area contributed by atoms with Crippen molar-refractivity contribution in [2.24, 2.45) is 19.9 Å². The molecule has 0 bridgehead atoms. The molecule has 2 aromatic heterocycles. The van der Waals surface area contributed by atoms with Crippen LogP contribution in [-0.2, 0) is 26.9 Å². The van der Waals surface area contributed by atoms with E-state index in [-0.39, 0.29) is 6.04 Å². The van der Waals surface area contributed by atoms with Gasteiger partial charge in [0, 0.05) is 26.2 Å². The summed E-state index contributed by atoms with van der Waals surface area (Å²) in [5, 5.41) is 8.83. The van der Waals surface area contributed by atoms with Crippen LogP contribution in [0.3, 0.4) is 0 Å². The predicted octanol–water partition coefficient (Wildman–Crippen LogP) is 0.772. The highest BCUT2D eigenvalue weighted by Gasteiger charge is 2.17. The second-order valence-corrected chi connectivity index (χ2v) is 4.86. The summed E-state index contributed by atoms with van der Waals surface area (Å²) in [5.74, 6) is 5.71. The van der Waals surface area contributed by atoms with Crippen molar-refractivity contribution in [1.29, 1.82) is 0 Å². The zero-order valence-corrected chi connectivity index (χ0v) is 12.0. The smallest absolute Gasteiger partial charge is 0.0684 e. The normalized spacial score (nSPS) is 12.9. The summed E-state index contributed by atoms with van der Waals surface area (Å²) in [5.41, 5.74) is 7.23. The number of rotatable bonds is 5. The molecule has 0 aliphatic heterocycles. The lowest BCUT2D eigenvalue weighted by Gasteiger charge is -2.16. The lowest BCUT2D eigenvalue weighted by atomic mass is 10.1. The zero-order valence-electron chi connectivity index (χ0n) is 12.0. The Labute approximate surface area is 113 Å². The Kier molecular flexibility index (Phi) is 4.01. The molecule has 6 heteroatoms. The van der Waals surface area contributed by atoms with E-state index in [0.29, 0.717) is 0 Å². The predicted molar refractivity (Wildman–Crippen MR) is 74.3 cm³/mol. The van der Waals surface area contributed by atoms with Gasteiger partial charge < -0.3 is 0 Å². The summed E-state index contributed by atoms with van der Waals surface area (Å²) in [6, 6.07) is 4.22. The van der Waals surface area contributed by atoms with Crippen molar-refractivity contribution in [2.45, 2.75) is 32.7 Å². The SMILES string of the molecule is CCc1cc(C(Cc2cc(C)nn2C)NN)n(C)n1. The number of hydrazine groups is 1. The average molecular weight is 262 g/mol. The molecule has 2 aromatic rings. The van der Waals surface area contributed by atoms with Gasteiger partial charge in [-0.2, -0.15) is 10.2 Å². The molecular weight excluding hydrogens is 240 g/mol. The first kappa shape index (κ1) is 13.8. The molecule has 6 nitrogen and oxygen atoms in total. The van der Waals surface area contributed by atoms with E-state index in [1.165, 1.54) is 0 Å². The first-order chi connectivity index (χ1) is 9.05. The van der Waals surface area contributed by atoms with E-state index >= 15 is 0 Å². The summed E-state index contributed by atoms with van der Waals surface area (Å²) in [4.78, 5) is 0. The number of aryl methyl sites for hydroxylation is 4. The van der Waals surface area contributed by atoms with Crippen molar-refractivity contribution in [1.82, 2.24) is 25.0 Å². The molecule has 104 valence electrons. The molecule has 19 heavy (non-hydrogen) atoms. The Morgan fingerprint density at radius 2 is 2.00 bits per heavy atom. The van der Waals surface area contributed by atoms with Gasteiger partial charge in [-0.15, -0.1) is 0 Å². The number of nitrogens with one attached hydrogen (secondary N) is 1. The molecular formula is C13H22N6. The summed E-state index contributed by atoms with van der Waals surface area (Å²) >= 11 is 0. The molecule has 1 atom stereocenters. The molecule has 0 amide bonds. The molecule has 0 saturated heterocycles. The number of nitrogens with zero attached hydrogens (tertiary/aromatic N) is 4. The van der Waals surface area contributed by atoms with Gasteiger partial charge in [-0.25, -0.2) is 0 Å². The van der Waals surface area contributed by atoms with Crippen LogP contribution in [0.5, 0.6) is 0 Å². The van der Waals surface area contributed by atoms with Crippen molar-refractivity contribution in [3.8, 4) is 0 Å². The minimum absolute atomic E-state index is 0.0348. The summed E-state index contributed by atoms with van der Waals surface area (Å²) < 4.78 is 3.79. The van der Waals surface area contributed by atoms with E-state index in [2.05, 4.69) is 34.7 Å². The van der Waals surface area contributed by atoms with Crippen LogP contribution in [0.2, 0.25) is 0 Å². The highest BCUT2D eigenvalue weighted by atomic mass is 15.3. The van der Waals surface area contributed by atoms with Gasteiger partial charge in [-0.1, -0.05) is 6.92 Å². The van der Waals surface area contributed by atoms with Crippen molar-refractivity contribution < 1.29 is 0 Å². The minimum atomic E-state index is 0.0348. The maximum Gasteiger partial charge on any atom is 0.0684 e. The Bertz CT molecular complexity index is 553. The molecule has 0 aliphatic carbocycles. The van der Waals surface area contributed by atoms with Gasteiger partial charge in [0.15, 0.2) is 0 Å². The van der Waals surface area contributed by atoms with Crippen LogP contribution in [0.4, 0.5) is 0 Å². The quantitative estimate of drug-likeness (QED) is 0.616. The highest BCUT2D eigenvalue weighted by Crippen LogP contribution is 2.19. The third-order valence-electron chi connectivity index (χ3n) is 3.40. The second kappa shape index (κ2) is 5.54. The molecule has 0 saturated carbocycles. The first-order valence-electron chi connectivity index (χ1n) is 6.53. The van der Waals surface area contributed by atoms with Crippen LogP contribution < -0.4 is 11.3 Å². The molecule has 0 aromatic carbocycles. The number of nitrogens with two attached hydrogens (primary N) is 1. The standard InChI is InChI=1S/C13H22N6/c1-5-10-7-13(19(4)17-10)12(15-14)8-11-6-9(2)16-18(11)3/h6-7,12,15H,5,8,14H2,1-4H3. The molecule has 1 unspecified atom stereocenters.